The van der Waals surface area contributed by atoms with E-state index in [0.29, 0.717) is 23.3 Å². The predicted octanol–water partition coefficient (Wildman–Crippen LogP) is 2.11. The Morgan fingerprint density at radius 2 is 2.20 bits per heavy atom. The van der Waals surface area contributed by atoms with Gasteiger partial charge in [0.2, 0.25) is 0 Å². The topological polar surface area (TPSA) is 51.0 Å². The summed E-state index contributed by atoms with van der Waals surface area (Å²) in [6.45, 7) is 0.577. The molecule has 0 atom stereocenters. The first-order valence-electron chi connectivity index (χ1n) is 4.53. The number of halogens is 1. The smallest absolute Gasteiger partial charge is 0.259 e. The lowest BCUT2D eigenvalue weighted by atomic mass is 10.2. The molecule has 5 heteroatoms. The van der Waals surface area contributed by atoms with E-state index >= 15 is 0 Å². The number of nitrogens with one attached hydrogen (secondary N) is 1. The summed E-state index contributed by atoms with van der Waals surface area (Å²) in [6.07, 6.45) is 0. The Bertz CT molecular complexity index is 455. The third-order valence-corrected chi connectivity index (χ3v) is 2.24. The van der Waals surface area contributed by atoms with Crippen LogP contribution in [0.25, 0.3) is 11.5 Å². The molecule has 0 radical (unpaired) electrons. The molecule has 0 aliphatic heterocycles. The molecule has 0 fully saturated rings. The molecule has 2 rings (SSSR count). The van der Waals surface area contributed by atoms with Crippen molar-refractivity contribution in [2.24, 2.45) is 0 Å². The Morgan fingerprint density at radius 1 is 1.40 bits per heavy atom. The van der Waals surface area contributed by atoms with Crippen LogP contribution in [0.15, 0.2) is 28.8 Å². The van der Waals surface area contributed by atoms with Crippen LogP contribution >= 0.6 is 11.6 Å². The Hall–Kier alpha value is -1.39. The van der Waals surface area contributed by atoms with Gasteiger partial charge in [0.1, 0.15) is 0 Å². The van der Waals surface area contributed by atoms with Gasteiger partial charge in [-0.1, -0.05) is 28.9 Å². The molecule has 0 amide bonds. The fourth-order valence-corrected chi connectivity index (χ4v) is 1.44. The van der Waals surface area contributed by atoms with Crippen LogP contribution in [0.3, 0.4) is 0 Å². The number of rotatable bonds is 3. The van der Waals surface area contributed by atoms with E-state index in [-0.39, 0.29) is 0 Å². The van der Waals surface area contributed by atoms with E-state index in [4.69, 9.17) is 16.1 Å². The van der Waals surface area contributed by atoms with Crippen LogP contribution in [0.1, 0.15) is 5.82 Å². The van der Waals surface area contributed by atoms with Crippen molar-refractivity contribution in [2.45, 2.75) is 6.54 Å². The number of aromatic nitrogens is 2. The molecule has 0 aliphatic carbocycles. The highest BCUT2D eigenvalue weighted by molar-refractivity contribution is 6.33. The average Bonchev–Trinajstić information content (AvgIpc) is 2.68. The zero-order chi connectivity index (χ0) is 10.7. The summed E-state index contributed by atoms with van der Waals surface area (Å²) in [5.74, 6) is 1.07. The van der Waals surface area contributed by atoms with Crippen LogP contribution in [0.5, 0.6) is 0 Å². The molecule has 0 saturated heterocycles. The Morgan fingerprint density at radius 3 is 2.93 bits per heavy atom. The zero-order valence-electron chi connectivity index (χ0n) is 8.20. The quantitative estimate of drug-likeness (QED) is 0.866. The third-order valence-electron chi connectivity index (χ3n) is 1.91. The van der Waals surface area contributed by atoms with Crippen LogP contribution in [0, 0.1) is 0 Å². The van der Waals surface area contributed by atoms with Crippen molar-refractivity contribution in [1.29, 1.82) is 0 Å². The first-order chi connectivity index (χ1) is 7.31. The maximum absolute atomic E-state index is 6.00. The summed E-state index contributed by atoms with van der Waals surface area (Å²) in [5, 5.41) is 7.37. The van der Waals surface area contributed by atoms with Crippen molar-refractivity contribution in [1.82, 2.24) is 15.5 Å². The molecule has 15 heavy (non-hydrogen) atoms. The fourth-order valence-electron chi connectivity index (χ4n) is 1.23. The lowest BCUT2D eigenvalue weighted by molar-refractivity contribution is 0.420. The molecule has 2 aromatic rings. The number of nitrogens with zero attached hydrogens (tertiary/aromatic N) is 2. The highest BCUT2D eigenvalue weighted by atomic mass is 35.5. The van der Waals surface area contributed by atoms with Crippen molar-refractivity contribution >= 4 is 11.6 Å². The summed E-state index contributed by atoms with van der Waals surface area (Å²) in [6, 6.07) is 7.37. The van der Waals surface area contributed by atoms with Gasteiger partial charge in [-0.25, -0.2) is 0 Å². The second-order valence-corrected chi connectivity index (χ2v) is 3.43. The lowest BCUT2D eigenvalue weighted by Gasteiger charge is -1.95. The third kappa shape index (κ3) is 2.16. The number of benzene rings is 1. The molecule has 0 spiro atoms. The maximum atomic E-state index is 6.00. The fraction of sp³-hybridized carbons (Fsp3) is 0.200. The molecule has 0 unspecified atom stereocenters. The van der Waals surface area contributed by atoms with Gasteiger partial charge in [0.15, 0.2) is 5.82 Å². The zero-order valence-corrected chi connectivity index (χ0v) is 8.95. The monoisotopic (exact) mass is 223 g/mol. The van der Waals surface area contributed by atoms with Gasteiger partial charge in [0.05, 0.1) is 17.1 Å². The lowest BCUT2D eigenvalue weighted by Crippen LogP contribution is -2.06. The molecule has 1 aromatic carbocycles. The minimum absolute atomic E-state index is 0.450. The minimum atomic E-state index is 0.450. The van der Waals surface area contributed by atoms with Crippen molar-refractivity contribution in [3.8, 4) is 11.5 Å². The van der Waals surface area contributed by atoms with Crippen LogP contribution in [-0.2, 0) is 6.54 Å². The number of hydrogen-bond donors (Lipinski definition) is 1. The van der Waals surface area contributed by atoms with Gasteiger partial charge in [-0.3, -0.25) is 0 Å². The van der Waals surface area contributed by atoms with Gasteiger partial charge in [-0.05, 0) is 19.2 Å². The van der Waals surface area contributed by atoms with Crippen molar-refractivity contribution in [3.05, 3.63) is 35.1 Å². The Kier molecular flexibility index (Phi) is 2.99. The molecule has 0 bridgehead atoms. The minimum Gasteiger partial charge on any atom is -0.334 e. The van der Waals surface area contributed by atoms with E-state index in [2.05, 4.69) is 15.5 Å². The second-order valence-electron chi connectivity index (χ2n) is 3.03. The standard InChI is InChI=1S/C10H10ClN3O/c1-12-6-9-13-10(15-14-9)7-4-2-3-5-8(7)11/h2-5,12H,6H2,1H3. The normalized spacial score (nSPS) is 10.5. The van der Waals surface area contributed by atoms with Crippen molar-refractivity contribution < 1.29 is 4.52 Å². The summed E-state index contributed by atoms with van der Waals surface area (Å²) in [5.41, 5.74) is 0.758. The highest BCUT2D eigenvalue weighted by Gasteiger charge is 2.10. The van der Waals surface area contributed by atoms with E-state index in [1.54, 1.807) is 6.07 Å². The van der Waals surface area contributed by atoms with Gasteiger partial charge < -0.3 is 9.84 Å². The van der Waals surface area contributed by atoms with E-state index < -0.39 is 0 Å². The summed E-state index contributed by atoms with van der Waals surface area (Å²) >= 11 is 6.00. The number of hydrogen-bond acceptors (Lipinski definition) is 4. The maximum Gasteiger partial charge on any atom is 0.259 e. The molecule has 0 aliphatic rings. The van der Waals surface area contributed by atoms with E-state index in [1.807, 2.05) is 25.2 Å². The highest BCUT2D eigenvalue weighted by Crippen LogP contribution is 2.25. The Labute approximate surface area is 92.3 Å². The molecule has 1 aromatic heterocycles. The van der Waals surface area contributed by atoms with Crippen molar-refractivity contribution in [2.75, 3.05) is 7.05 Å². The van der Waals surface area contributed by atoms with Gasteiger partial charge in [0, 0.05) is 0 Å². The van der Waals surface area contributed by atoms with Crippen LogP contribution in [0.4, 0.5) is 0 Å². The predicted molar refractivity (Wildman–Crippen MR) is 57.5 cm³/mol. The Balaban J connectivity index is 2.33. The van der Waals surface area contributed by atoms with Crippen LogP contribution < -0.4 is 5.32 Å². The average molecular weight is 224 g/mol. The SMILES string of the molecule is CNCc1noc(-c2ccccc2Cl)n1. The van der Waals surface area contributed by atoms with Gasteiger partial charge >= 0.3 is 0 Å². The molecular formula is C10H10ClN3O. The molecule has 78 valence electrons. The van der Waals surface area contributed by atoms with Crippen LogP contribution in [0.2, 0.25) is 5.02 Å². The van der Waals surface area contributed by atoms with E-state index in [0.717, 1.165) is 5.56 Å². The summed E-state index contributed by atoms with van der Waals surface area (Å²) < 4.78 is 5.10. The first kappa shape index (κ1) is 10.1. The molecule has 1 heterocycles. The van der Waals surface area contributed by atoms with Crippen molar-refractivity contribution in [3.63, 3.8) is 0 Å². The molecular weight excluding hydrogens is 214 g/mol. The van der Waals surface area contributed by atoms with Crippen LogP contribution in [-0.4, -0.2) is 17.2 Å². The van der Waals surface area contributed by atoms with E-state index in [1.165, 1.54) is 0 Å². The van der Waals surface area contributed by atoms with Gasteiger partial charge in [-0.15, -0.1) is 0 Å². The molecule has 0 saturated carbocycles. The van der Waals surface area contributed by atoms with Gasteiger partial charge in [0.25, 0.3) is 5.89 Å². The second kappa shape index (κ2) is 4.42. The molecule has 1 N–H and O–H groups in total. The molecule has 4 nitrogen and oxygen atoms in total. The summed E-state index contributed by atoms with van der Waals surface area (Å²) in [4.78, 5) is 4.21. The van der Waals surface area contributed by atoms with E-state index in [9.17, 15) is 0 Å². The largest absolute Gasteiger partial charge is 0.334 e. The van der Waals surface area contributed by atoms with Gasteiger partial charge in [-0.2, -0.15) is 4.98 Å². The summed E-state index contributed by atoms with van der Waals surface area (Å²) in [7, 11) is 1.82. The first-order valence-corrected chi connectivity index (χ1v) is 4.91.